The number of sulfone groups is 1. The van der Waals surface area contributed by atoms with E-state index in [-0.39, 0.29) is 0 Å². The molecule has 0 atom stereocenters. The summed E-state index contributed by atoms with van der Waals surface area (Å²) >= 11 is 5.84. The molecule has 0 unspecified atom stereocenters. The van der Waals surface area contributed by atoms with Crippen LogP contribution in [0.1, 0.15) is 14.5 Å². The lowest BCUT2D eigenvalue weighted by molar-refractivity contribution is -0.275. The predicted octanol–water partition coefficient (Wildman–Crippen LogP) is 4.97. The van der Waals surface area contributed by atoms with Crippen molar-refractivity contribution in [2.24, 2.45) is 0 Å². The third kappa shape index (κ3) is 5.35. The molecule has 188 valence electrons. The maximum atomic E-state index is 14.8. The predicted molar refractivity (Wildman–Crippen MR) is 102 cm³/mol. The van der Waals surface area contributed by atoms with Crippen molar-refractivity contribution in [3.05, 3.63) is 34.6 Å². The van der Waals surface area contributed by atoms with E-state index in [2.05, 4.69) is 14.2 Å². The van der Waals surface area contributed by atoms with Crippen LogP contribution in [0, 0.1) is 5.82 Å². The molecule has 0 fully saturated rings. The number of carbonyl (C=O) groups excluding carboxylic acids is 1. The van der Waals surface area contributed by atoms with Crippen molar-refractivity contribution in [2.45, 2.75) is 17.0 Å². The monoisotopic (exact) mass is 541 g/mol. The Labute approximate surface area is 197 Å². The molecule has 8 nitrogen and oxygen atoms in total. The van der Waals surface area contributed by atoms with Crippen molar-refractivity contribution in [1.82, 2.24) is 0 Å². The number of alkyl halides is 5. The number of halogens is 7. The Kier molecular flexibility index (Phi) is 6.71. The number of methoxy groups -OCH3 is 3. The fourth-order valence-corrected chi connectivity index (χ4v) is 3.99. The number of esters is 1. The molecule has 2 aromatic rings. The van der Waals surface area contributed by atoms with Gasteiger partial charge in [0.25, 0.3) is 0 Å². The topological polar surface area (TPSA) is 97.4 Å². The molecule has 0 saturated carbocycles. The molecule has 2 aromatic carbocycles. The summed E-state index contributed by atoms with van der Waals surface area (Å²) in [6.45, 7) is 0. The van der Waals surface area contributed by atoms with Crippen LogP contribution in [-0.2, 0) is 14.6 Å². The third-order valence-electron chi connectivity index (χ3n) is 3.84. The number of hydrogen-bond donors (Lipinski definition) is 0. The Hall–Kier alpha value is -3.07. The summed E-state index contributed by atoms with van der Waals surface area (Å²) in [5, 5.41) is -0.990. The largest absolute Gasteiger partial charge is 0.573 e. The van der Waals surface area contributed by atoms with Crippen LogP contribution in [0.25, 0.3) is 0 Å². The molecule has 0 aliphatic carbocycles. The first-order valence-corrected chi connectivity index (χ1v) is 10.2. The van der Waals surface area contributed by atoms with Gasteiger partial charge in [-0.15, -0.1) is 13.2 Å². The molecule has 34 heavy (non-hydrogen) atoms. The standard InChI is InChI=1S/C18H13ClF6O8S/c1-29-13-9(5-4-8(12(13)20)33-18(23,24)25)32-10-6-7(19)15(34(27,28)17(21)22)14(30-2)11(10)16(26)31-3/h4-6,17H,1-3H3/i1D3. The van der Waals surface area contributed by atoms with Gasteiger partial charge in [-0.3, -0.25) is 0 Å². The van der Waals surface area contributed by atoms with E-state index in [4.69, 9.17) is 25.2 Å². The van der Waals surface area contributed by atoms with Crippen LogP contribution in [-0.4, -0.2) is 47.8 Å². The fourth-order valence-electron chi connectivity index (χ4n) is 2.53. The number of rotatable bonds is 8. The van der Waals surface area contributed by atoms with Gasteiger partial charge >= 0.3 is 18.1 Å². The molecule has 0 aliphatic heterocycles. The molecule has 0 aliphatic rings. The summed E-state index contributed by atoms with van der Waals surface area (Å²) < 4.78 is 147. The fraction of sp³-hybridized carbons (Fsp3) is 0.278. The summed E-state index contributed by atoms with van der Waals surface area (Å²) in [7, 11) is -7.41. The van der Waals surface area contributed by atoms with Gasteiger partial charge in [-0.05, 0) is 12.1 Å². The molecule has 0 radical (unpaired) electrons. The Bertz CT molecular complexity index is 1300. The van der Waals surface area contributed by atoms with Gasteiger partial charge in [0, 0.05) is 6.07 Å². The van der Waals surface area contributed by atoms with Crippen LogP contribution in [0.3, 0.4) is 0 Å². The van der Waals surface area contributed by atoms with Crippen molar-refractivity contribution in [1.29, 1.82) is 0 Å². The molecule has 0 amide bonds. The zero-order valence-corrected chi connectivity index (χ0v) is 18.2. The van der Waals surface area contributed by atoms with Gasteiger partial charge in [-0.1, -0.05) is 11.6 Å². The number of ether oxygens (including phenoxy) is 5. The number of carbonyl (C=O) groups is 1. The second-order valence-electron chi connectivity index (χ2n) is 5.85. The van der Waals surface area contributed by atoms with E-state index in [0.717, 1.165) is 14.2 Å². The van der Waals surface area contributed by atoms with Gasteiger partial charge in [0.2, 0.25) is 21.4 Å². The van der Waals surface area contributed by atoms with Gasteiger partial charge in [0.05, 0.1) is 30.4 Å². The van der Waals surface area contributed by atoms with Crippen LogP contribution in [0.5, 0.6) is 28.7 Å². The highest BCUT2D eigenvalue weighted by Crippen LogP contribution is 2.46. The van der Waals surface area contributed by atoms with Crippen LogP contribution in [0.4, 0.5) is 26.3 Å². The summed E-state index contributed by atoms with van der Waals surface area (Å²) in [4.78, 5) is 11.1. The van der Waals surface area contributed by atoms with Crippen molar-refractivity contribution in [2.75, 3.05) is 21.3 Å². The van der Waals surface area contributed by atoms with E-state index in [1.165, 1.54) is 0 Å². The van der Waals surface area contributed by atoms with Crippen molar-refractivity contribution < 1.29 is 67.4 Å². The van der Waals surface area contributed by atoms with Crippen molar-refractivity contribution in [3.63, 3.8) is 0 Å². The smallest absolute Gasteiger partial charge is 0.494 e. The Morgan fingerprint density at radius 2 is 1.71 bits per heavy atom. The van der Waals surface area contributed by atoms with E-state index in [0.29, 0.717) is 18.2 Å². The zero-order valence-electron chi connectivity index (χ0n) is 19.6. The van der Waals surface area contributed by atoms with Crippen LogP contribution in [0.2, 0.25) is 5.02 Å². The lowest BCUT2D eigenvalue weighted by atomic mass is 10.1. The number of benzene rings is 2. The van der Waals surface area contributed by atoms with E-state index < -0.39 is 85.0 Å². The normalized spacial score (nSPS) is 13.5. The first-order valence-electron chi connectivity index (χ1n) is 9.80. The van der Waals surface area contributed by atoms with Crippen LogP contribution in [0.15, 0.2) is 23.1 Å². The van der Waals surface area contributed by atoms with Gasteiger partial charge in [0.1, 0.15) is 16.2 Å². The highest BCUT2D eigenvalue weighted by atomic mass is 35.5. The van der Waals surface area contributed by atoms with Crippen molar-refractivity contribution in [3.8, 4) is 28.7 Å². The van der Waals surface area contributed by atoms with Gasteiger partial charge < -0.3 is 23.7 Å². The summed E-state index contributed by atoms with van der Waals surface area (Å²) in [6.07, 6.45) is -5.40. The van der Waals surface area contributed by atoms with E-state index in [9.17, 15) is 39.6 Å². The average Bonchev–Trinajstić information content (AvgIpc) is 2.75. The molecule has 2 rings (SSSR count). The van der Waals surface area contributed by atoms with E-state index in [1.54, 1.807) is 0 Å². The lowest BCUT2D eigenvalue weighted by Gasteiger charge is -2.19. The summed E-state index contributed by atoms with van der Waals surface area (Å²) in [5.41, 5.74) is -0.996. The molecule has 0 heterocycles. The lowest BCUT2D eigenvalue weighted by Crippen LogP contribution is -2.18. The van der Waals surface area contributed by atoms with E-state index >= 15 is 0 Å². The van der Waals surface area contributed by atoms with Gasteiger partial charge in [-0.2, -0.15) is 13.2 Å². The summed E-state index contributed by atoms with van der Waals surface area (Å²) in [6, 6.07) is 1.38. The van der Waals surface area contributed by atoms with Crippen molar-refractivity contribution >= 4 is 27.4 Å². The highest BCUT2D eigenvalue weighted by molar-refractivity contribution is 7.92. The molecule has 0 saturated heterocycles. The molecule has 0 aromatic heterocycles. The first-order chi connectivity index (χ1) is 16.8. The third-order valence-corrected chi connectivity index (χ3v) is 5.69. The maximum absolute atomic E-state index is 14.8. The SMILES string of the molecule is [2H]C([2H])([2H])Oc1c(Oc2cc(Cl)c(S(=O)(=O)C(F)F)c(OC)c2C(=O)OC)ccc(OC(F)(F)F)c1F. The van der Waals surface area contributed by atoms with Crippen LogP contribution < -0.4 is 18.9 Å². The Morgan fingerprint density at radius 3 is 2.21 bits per heavy atom. The molecule has 0 bridgehead atoms. The minimum Gasteiger partial charge on any atom is -0.494 e. The molecule has 0 spiro atoms. The maximum Gasteiger partial charge on any atom is 0.573 e. The van der Waals surface area contributed by atoms with E-state index in [1.807, 2.05) is 0 Å². The molecule has 0 N–H and O–H groups in total. The zero-order chi connectivity index (χ0) is 28.5. The van der Waals surface area contributed by atoms with Gasteiger partial charge in [0.15, 0.2) is 17.2 Å². The Morgan fingerprint density at radius 1 is 1.09 bits per heavy atom. The first kappa shape index (κ1) is 22.7. The average molecular weight is 542 g/mol. The van der Waals surface area contributed by atoms with Gasteiger partial charge in [-0.25, -0.2) is 13.2 Å². The number of hydrogen-bond acceptors (Lipinski definition) is 8. The minimum atomic E-state index is -5.50. The second kappa shape index (κ2) is 10.0. The molecular weight excluding hydrogens is 526 g/mol. The Balaban J connectivity index is 2.85. The molecule has 16 heteroatoms. The quantitative estimate of drug-likeness (QED) is 0.341. The second-order valence-corrected chi connectivity index (χ2v) is 8.11. The summed E-state index contributed by atoms with van der Waals surface area (Å²) in [5.74, 6) is -13.4. The highest BCUT2D eigenvalue weighted by Gasteiger charge is 2.38. The minimum absolute atomic E-state index is 0.358. The van der Waals surface area contributed by atoms with Crippen LogP contribution >= 0.6 is 11.6 Å². The molecular formula is C18H13ClF6O8S.